The Hall–Kier alpha value is 0.500. The molecule has 0 N–H and O–H groups in total. The van der Waals surface area contributed by atoms with Gasteiger partial charge in [0.2, 0.25) is 0 Å². The summed E-state index contributed by atoms with van der Waals surface area (Å²) in [5.41, 5.74) is 0. The topological polar surface area (TPSA) is 9.23 Å². The molecule has 0 saturated heterocycles. The fraction of sp³-hybridized carbons (Fsp3) is 0.333. The third kappa shape index (κ3) is 4.51. The predicted octanol–water partition coefficient (Wildman–Crippen LogP) is 2.86. The number of benzene rings is 1. The summed E-state index contributed by atoms with van der Waals surface area (Å²) in [5, 5.41) is 0. The van der Waals surface area contributed by atoms with Gasteiger partial charge >= 0.3 is 0 Å². The molecule has 0 aromatic heterocycles. The molecule has 1 aromatic carbocycles. The van der Waals surface area contributed by atoms with Crippen molar-refractivity contribution in [2.24, 2.45) is 0 Å². The Kier molecular flexibility index (Phi) is 7.25. The average molecular weight is 238 g/mol. The van der Waals surface area contributed by atoms with E-state index in [0.29, 0.717) is 0 Å². The Balaban J connectivity index is 0.00000121. The molecule has 1 nitrogen and oxygen atoms in total. The molecule has 0 heterocycles. The van der Waals surface area contributed by atoms with Gasteiger partial charge in [0.05, 0.1) is 6.61 Å². The summed E-state index contributed by atoms with van der Waals surface area (Å²) >= 11 is 3.36. The van der Waals surface area contributed by atoms with Gasteiger partial charge in [-0.25, -0.2) is 0 Å². The van der Waals surface area contributed by atoms with Crippen molar-refractivity contribution in [3.63, 3.8) is 0 Å². The Morgan fingerprint density at radius 3 is 2.33 bits per heavy atom. The number of halogens is 1. The zero-order valence-electron chi connectivity index (χ0n) is 7.51. The van der Waals surface area contributed by atoms with E-state index >= 15 is 0 Å². The molecule has 0 atom stereocenters. The first-order chi connectivity index (χ1) is 5.33. The van der Waals surface area contributed by atoms with E-state index in [1.165, 1.54) is 0 Å². The van der Waals surface area contributed by atoms with E-state index in [4.69, 9.17) is 4.74 Å². The van der Waals surface area contributed by atoms with Gasteiger partial charge in [0.1, 0.15) is 5.75 Å². The van der Waals surface area contributed by atoms with Crippen molar-refractivity contribution < 1.29 is 4.74 Å². The summed E-state index contributed by atoms with van der Waals surface area (Å²) in [6, 6.07) is 7.87. The van der Waals surface area contributed by atoms with Crippen LogP contribution < -0.4 is 4.74 Å². The zero-order valence-corrected chi connectivity index (χ0v) is 11.1. The smallest absolute Gasteiger partial charge is 0.119 e. The Morgan fingerprint density at radius 2 is 1.83 bits per heavy atom. The number of rotatable bonds is 3. The van der Waals surface area contributed by atoms with Gasteiger partial charge in [0.25, 0.3) is 0 Å². The minimum Gasteiger partial charge on any atom is -0.494 e. The van der Waals surface area contributed by atoms with Crippen LogP contribution in [0.4, 0.5) is 0 Å². The van der Waals surface area contributed by atoms with E-state index in [9.17, 15) is 0 Å². The van der Waals surface area contributed by atoms with Crippen LogP contribution in [0.1, 0.15) is 13.3 Å². The van der Waals surface area contributed by atoms with E-state index in [1.807, 2.05) is 24.3 Å². The van der Waals surface area contributed by atoms with Crippen LogP contribution >= 0.6 is 15.9 Å². The van der Waals surface area contributed by atoms with Crippen LogP contribution in [-0.4, -0.2) is 36.2 Å². The normalized spacial score (nSPS) is 8.83. The van der Waals surface area contributed by atoms with Crippen molar-refractivity contribution in [1.82, 2.24) is 0 Å². The molecular weight excluding hydrogens is 227 g/mol. The van der Waals surface area contributed by atoms with Crippen LogP contribution in [0.25, 0.3) is 0 Å². The fourth-order valence-electron chi connectivity index (χ4n) is 0.751. The molecule has 0 aliphatic heterocycles. The third-order valence-electron chi connectivity index (χ3n) is 1.29. The van der Waals surface area contributed by atoms with E-state index in [-0.39, 0.29) is 29.6 Å². The van der Waals surface area contributed by atoms with E-state index < -0.39 is 0 Å². The SMILES string of the molecule is CCCOc1ccc(Br)cc1.[Na]. The van der Waals surface area contributed by atoms with Crippen molar-refractivity contribution in [2.45, 2.75) is 13.3 Å². The average Bonchev–Trinajstić information content (AvgIpc) is 2.04. The van der Waals surface area contributed by atoms with Crippen LogP contribution in [-0.2, 0) is 0 Å². The molecule has 0 unspecified atom stereocenters. The number of hydrogen-bond acceptors (Lipinski definition) is 1. The zero-order chi connectivity index (χ0) is 8.10. The Bertz CT molecular complexity index is 210. The van der Waals surface area contributed by atoms with E-state index in [1.54, 1.807) is 0 Å². The van der Waals surface area contributed by atoms with Crippen LogP contribution in [0.2, 0.25) is 0 Å². The molecule has 0 fully saturated rings. The summed E-state index contributed by atoms with van der Waals surface area (Å²) in [6.07, 6.45) is 1.05. The molecule has 0 spiro atoms. The minimum absolute atomic E-state index is 0. The molecule has 0 bridgehead atoms. The van der Waals surface area contributed by atoms with Crippen molar-refractivity contribution >= 4 is 45.5 Å². The van der Waals surface area contributed by atoms with Gasteiger partial charge in [0.15, 0.2) is 0 Å². The van der Waals surface area contributed by atoms with Crippen LogP contribution in [0.5, 0.6) is 5.75 Å². The van der Waals surface area contributed by atoms with Crippen molar-refractivity contribution in [3.8, 4) is 5.75 Å². The largest absolute Gasteiger partial charge is 0.494 e. The monoisotopic (exact) mass is 237 g/mol. The quantitative estimate of drug-likeness (QED) is 0.735. The van der Waals surface area contributed by atoms with Gasteiger partial charge < -0.3 is 4.74 Å². The van der Waals surface area contributed by atoms with Crippen molar-refractivity contribution in [1.29, 1.82) is 0 Å². The van der Waals surface area contributed by atoms with Gasteiger partial charge in [-0.1, -0.05) is 22.9 Å². The first-order valence-corrected chi connectivity index (χ1v) is 4.50. The van der Waals surface area contributed by atoms with E-state index in [0.717, 1.165) is 23.2 Å². The van der Waals surface area contributed by atoms with Gasteiger partial charge in [-0.2, -0.15) is 0 Å². The molecule has 0 aliphatic rings. The van der Waals surface area contributed by atoms with Crippen LogP contribution in [0.3, 0.4) is 0 Å². The van der Waals surface area contributed by atoms with Crippen LogP contribution in [0.15, 0.2) is 28.7 Å². The Morgan fingerprint density at radius 1 is 1.25 bits per heavy atom. The predicted molar refractivity (Wildman–Crippen MR) is 55.7 cm³/mol. The standard InChI is InChI=1S/C9H11BrO.Na/c1-2-7-11-9-5-3-8(10)4-6-9;/h3-6H,2,7H2,1H3;. The first kappa shape index (κ1) is 12.5. The fourth-order valence-corrected chi connectivity index (χ4v) is 1.02. The molecule has 61 valence electrons. The molecular formula is C9H11BrNaO. The molecule has 0 aliphatic carbocycles. The molecule has 1 aromatic rings. The molecule has 3 heteroatoms. The molecule has 0 saturated carbocycles. The maximum absolute atomic E-state index is 5.39. The molecule has 12 heavy (non-hydrogen) atoms. The van der Waals surface area contributed by atoms with Gasteiger partial charge in [-0.3, -0.25) is 0 Å². The van der Waals surface area contributed by atoms with E-state index in [2.05, 4.69) is 22.9 Å². The second kappa shape index (κ2) is 6.96. The molecule has 0 amide bonds. The first-order valence-electron chi connectivity index (χ1n) is 3.71. The van der Waals surface area contributed by atoms with Crippen LogP contribution in [0, 0.1) is 0 Å². The second-order valence-corrected chi connectivity index (χ2v) is 3.22. The number of ether oxygens (including phenoxy) is 1. The Labute approximate surface area is 104 Å². The van der Waals surface area contributed by atoms with Gasteiger partial charge in [0, 0.05) is 34.0 Å². The maximum atomic E-state index is 5.39. The number of hydrogen-bond donors (Lipinski definition) is 0. The summed E-state index contributed by atoms with van der Waals surface area (Å²) in [6.45, 7) is 2.89. The molecule has 1 radical (unpaired) electrons. The maximum Gasteiger partial charge on any atom is 0.119 e. The van der Waals surface area contributed by atoms with Crippen molar-refractivity contribution in [2.75, 3.05) is 6.61 Å². The summed E-state index contributed by atoms with van der Waals surface area (Å²) in [7, 11) is 0. The molecule has 1 rings (SSSR count). The van der Waals surface area contributed by atoms with Crippen molar-refractivity contribution in [3.05, 3.63) is 28.7 Å². The second-order valence-electron chi connectivity index (χ2n) is 2.30. The summed E-state index contributed by atoms with van der Waals surface area (Å²) in [4.78, 5) is 0. The minimum atomic E-state index is 0. The van der Waals surface area contributed by atoms with Gasteiger partial charge in [-0.05, 0) is 30.7 Å². The third-order valence-corrected chi connectivity index (χ3v) is 1.82. The summed E-state index contributed by atoms with van der Waals surface area (Å²) < 4.78 is 6.47. The van der Waals surface area contributed by atoms with Gasteiger partial charge in [-0.15, -0.1) is 0 Å². The summed E-state index contributed by atoms with van der Waals surface area (Å²) in [5.74, 6) is 0.940.